The molecule has 1 saturated carbocycles. The predicted octanol–water partition coefficient (Wildman–Crippen LogP) is 4.61. The van der Waals surface area contributed by atoms with Gasteiger partial charge in [0.15, 0.2) is 0 Å². The Kier molecular flexibility index (Phi) is 5.92. The van der Waals surface area contributed by atoms with Crippen LogP contribution in [0.5, 0.6) is 5.75 Å². The Labute approximate surface area is 128 Å². The number of hydrogen-bond acceptors (Lipinski definition) is 3. The summed E-state index contributed by atoms with van der Waals surface area (Å²) in [6, 6.07) is 10.9. The zero-order valence-corrected chi connectivity index (χ0v) is 13.1. The van der Waals surface area contributed by atoms with Gasteiger partial charge in [0, 0.05) is 24.2 Å². The molecule has 3 heteroatoms. The van der Waals surface area contributed by atoms with Crippen molar-refractivity contribution < 1.29 is 4.74 Å². The molecule has 0 spiro atoms. The Morgan fingerprint density at radius 3 is 2.90 bits per heavy atom. The third-order valence-electron chi connectivity index (χ3n) is 4.50. The molecule has 0 amide bonds. The molecule has 0 aliphatic heterocycles. The number of benzene rings is 1. The van der Waals surface area contributed by atoms with Crippen molar-refractivity contribution in [3.8, 4) is 11.8 Å². The first kappa shape index (κ1) is 15.7. The van der Waals surface area contributed by atoms with Gasteiger partial charge in [0.1, 0.15) is 5.75 Å². The van der Waals surface area contributed by atoms with Gasteiger partial charge in [0.25, 0.3) is 0 Å². The molecule has 0 heterocycles. The fraction of sp³-hybridized carbons (Fsp3) is 0.611. The summed E-state index contributed by atoms with van der Waals surface area (Å²) in [6.45, 7) is 5.32. The summed E-state index contributed by atoms with van der Waals surface area (Å²) < 4.78 is 5.68. The number of hydrogen-bond donors (Lipinski definition) is 1. The van der Waals surface area contributed by atoms with Crippen LogP contribution >= 0.6 is 0 Å². The number of nitrogens with one attached hydrogen (secondary N) is 1. The molecule has 3 nitrogen and oxygen atoms in total. The lowest BCUT2D eigenvalue weighted by atomic mass is 9.79. The zero-order chi connectivity index (χ0) is 15.1. The number of nitriles is 1. The Bertz CT molecular complexity index is 480. The lowest BCUT2D eigenvalue weighted by Gasteiger charge is -2.33. The molecule has 3 atom stereocenters. The van der Waals surface area contributed by atoms with Crippen LogP contribution < -0.4 is 10.1 Å². The zero-order valence-electron chi connectivity index (χ0n) is 13.1. The highest BCUT2D eigenvalue weighted by Crippen LogP contribution is 2.31. The van der Waals surface area contributed by atoms with Gasteiger partial charge in [-0.3, -0.25) is 0 Å². The second kappa shape index (κ2) is 7.93. The van der Waals surface area contributed by atoms with E-state index in [1.807, 2.05) is 12.1 Å². The molecule has 0 radical (unpaired) electrons. The minimum atomic E-state index is 0.552. The molecule has 0 bridgehead atoms. The van der Waals surface area contributed by atoms with Crippen molar-refractivity contribution in [3.05, 3.63) is 24.3 Å². The summed E-state index contributed by atoms with van der Waals surface area (Å²) >= 11 is 0. The molecule has 1 N–H and O–H groups in total. The second-order valence-corrected chi connectivity index (χ2v) is 6.25. The molecule has 1 fully saturated rings. The van der Waals surface area contributed by atoms with Crippen LogP contribution in [0.3, 0.4) is 0 Å². The van der Waals surface area contributed by atoms with Crippen molar-refractivity contribution in [2.75, 3.05) is 11.9 Å². The number of nitrogens with zero attached hydrogens (tertiary/aromatic N) is 1. The normalized spacial score (nSPS) is 25.1. The highest BCUT2D eigenvalue weighted by Gasteiger charge is 2.24. The summed E-state index contributed by atoms with van der Waals surface area (Å²) in [5, 5.41) is 12.2. The summed E-state index contributed by atoms with van der Waals surface area (Å²) in [5.74, 6) is 2.52. The number of anilines is 1. The fourth-order valence-corrected chi connectivity index (χ4v) is 2.93. The second-order valence-electron chi connectivity index (χ2n) is 6.25. The average molecular weight is 286 g/mol. The summed E-state index contributed by atoms with van der Waals surface area (Å²) in [5.41, 5.74) is 1.14. The van der Waals surface area contributed by atoms with E-state index in [1.54, 1.807) is 0 Å². The molecular formula is C18H26N2O. The van der Waals surface area contributed by atoms with Crippen LogP contribution in [-0.4, -0.2) is 12.6 Å². The maximum Gasteiger partial charge on any atom is 0.121 e. The largest absolute Gasteiger partial charge is 0.493 e. The standard InChI is InChI=1S/C18H26N2O/c1-14-8-9-17(12-15(14)2)20-16-6-5-7-18(13-16)21-11-4-3-10-19/h5-7,13-15,17,20H,3-4,8-9,11-12H2,1-2H3. The van der Waals surface area contributed by atoms with Gasteiger partial charge < -0.3 is 10.1 Å². The van der Waals surface area contributed by atoms with Crippen LogP contribution in [0.4, 0.5) is 5.69 Å². The Morgan fingerprint density at radius 1 is 1.29 bits per heavy atom. The van der Waals surface area contributed by atoms with Crippen LogP contribution in [0.1, 0.15) is 46.0 Å². The first-order chi connectivity index (χ1) is 10.2. The number of ether oxygens (including phenoxy) is 1. The highest BCUT2D eigenvalue weighted by atomic mass is 16.5. The van der Waals surface area contributed by atoms with Crippen LogP contribution in [0.2, 0.25) is 0 Å². The maximum absolute atomic E-state index is 8.51. The summed E-state index contributed by atoms with van der Waals surface area (Å²) in [4.78, 5) is 0. The molecule has 3 unspecified atom stereocenters. The smallest absolute Gasteiger partial charge is 0.121 e. The van der Waals surface area contributed by atoms with E-state index in [4.69, 9.17) is 10.00 Å². The minimum Gasteiger partial charge on any atom is -0.493 e. The Hall–Kier alpha value is -1.69. The van der Waals surface area contributed by atoms with E-state index in [0.29, 0.717) is 19.1 Å². The minimum absolute atomic E-state index is 0.552. The SMILES string of the molecule is CC1CCC(Nc2cccc(OCCCC#N)c2)CC1C. The molecule has 21 heavy (non-hydrogen) atoms. The van der Waals surface area contributed by atoms with Crippen LogP contribution in [0, 0.1) is 23.2 Å². The van der Waals surface area contributed by atoms with Gasteiger partial charge in [-0.05, 0) is 49.7 Å². The Morgan fingerprint density at radius 2 is 2.14 bits per heavy atom. The van der Waals surface area contributed by atoms with Crippen LogP contribution in [0.25, 0.3) is 0 Å². The van der Waals surface area contributed by atoms with Gasteiger partial charge in [-0.15, -0.1) is 0 Å². The van der Waals surface area contributed by atoms with Crippen LogP contribution in [0.15, 0.2) is 24.3 Å². The molecule has 2 rings (SSSR count). The molecule has 0 saturated heterocycles. The van der Waals surface area contributed by atoms with E-state index in [-0.39, 0.29) is 0 Å². The fourth-order valence-electron chi connectivity index (χ4n) is 2.93. The van der Waals surface area contributed by atoms with Gasteiger partial charge in [-0.25, -0.2) is 0 Å². The molecule has 1 aromatic rings. The molecule has 1 aliphatic rings. The van der Waals surface area contributed by atoms with Crippen molar-refractivity contribution in [2.24, 2.45) is 11.8 Å². The van der Waals surface area contributed by atoms with Crippen molar-refractivity contribution in [3.63, 3.8) is 0 Å². The van der Waals surface area contributed by atoms with Gasteiger partial charge in [-0.2, -0.15) is 5.26 Å². The third kappa shape index (κ3) is 4.97. The molecule has 1 aromatic carbocycles. The topological polar surface area (TPSA) is 45.0 Å². The highest BCUT2D eigenvalue weighted by molar-refractivity contribution is 5.48. The van der Waals surface area contributed by atoms with E-state index in [2.05, 4.69) is 37.4 Å². The van der Waals surface area contributed by atoms with Crippen LogP contribution in [-0.2, 0) is 0 Å². The van der Waals surface area contributed by atoms with Gasteiger partial charge >= 0.3 is 0 Å². The van der Waals surface area contributed by atoms with E-state index < -0.39 is 0 Å². The first-order valence-electron chi connectivity index (χ1n) is 8.05. The van der Waals surface area contributed by atoms with Gasteiger partial charge in [0.05, 0.1) is 12.7 Å². The number of rotatable bonds is 6. The van der Waals surface area contributed by atoms with Gasteiger partial charge in [0.2, 0.25) is 0 Å². The molecule has 0 aromatic heterocycles. The van der Waals surface area contributed by atoms with Crippen molar-refractivity contribution in [1.82, 2.24) is 0 Å². The molecule has 1 aliphatic carbocycles. The van der Waals surface area contributed by atoms with E-state index in [1.165, 1.54) is 19.3 Å². The van der Waals surface area contributed by atoms with Crippen molar-refractivity contribution >= 4 is 5.69 Å². The summed E-state index contributed by atoms with van der Waals surface area (Å²) in [7, 11) is 0. The Balaban J connectivity index is 1.85. The number of unbranched alkanes of at least 4 members (excludes halogenated alkanes) is 1. The van der Waals surface area contributed by atoms with Gasteiger partial charge in [-0.1, -0.05) is 19.9 Å². The van der Waals surface area contributed by atoms with E-state index >= 15 is 0 Å². The quantitative estimate of drug-likeness (QED) is 0.777. The predicted molar refractivity (Wildman–Crippen MR) is 86.4 cm³/mol. The first-order valence-corrected chi connectivity index (χ1v) is 8.05. The lowest BCUT2D eigenvalue weighted by molar-refractivity contribution is 0.261. The van der Waals surface area contributed by atoms with Crippen molar-refractivity contribution in [2.45, 2.75) is 52.0 Å². The molecule has 114 valence electrons. The third-order valence-corrected chi connectivity index (χ3v) is 4.50. The van der Waals surface area contributed by atoms with Crippen molar-refractivity contribution in [1.29, 1.82) is 5.26 Å². The maximum atomic E-state index is 8.51. The summed E-state index contributed by atoms with van der Waals surface area (Å²) in [6.07, 6.45) is 5.14. The van der Waals surface area contributed by atoms with E-state index in [9.17, 15) is 0 Å². The van der Waals surface area contributed by atoms with E-state index in [0.717, 1.165) is 29.7 Å². The monoisotopic (exact) mass is 286 g/mol. The average Bonchev–Trinajstić information content (AvgIpc) is 2.48. The molecular weight excluding hydrogens is 260 g/mol. The lowest BCUT2D eigenvalue weighted by Crippen LogP contribution is -2.30.